The minimum Gasteiger partial charge on any atom is -0.369 e. The van der Waals surface area contributed by atoms with Crippen LogP contribution in [0.3, 0.4) is 0 Å². The highest BCUT2D eigenvalue weighted by Gasteiger charge is 2.04. The van der Waals surface area contributed by atoms with E-state index in [0.717, 1.165) is 29.7 Å². The molecule has 90 valence electrons. The summed E-state index contributed by atoms with van der Waals surface area (Å²) in [5.74, 6) is 2.46. The lowest BCUT2D eigenvalue weighted by molar-refractivity contribution is 0.642. The molecular weight excluding hydrogens is 216 g/mol. The second-order valence-electron chi connectivity index (χ2n) is 3.79. The molecule has 2 aromatic rings. The van der Waals surface area contributed by atoms with Crippen LogP contribution < -0.4 is 5.32 Å². The first-order valence-electron chi connectivity index (χ1n) is 5.62. The van der Waals surface area contributed by atoms with E-state index in [0.29, 0.717) is 6.54 Å². The lowest BCUT2D eigenvalue weighted by Gasteiger charge is -2.04. The molecule has 17 heavy (non-hydrogen) atoms. The van der Waals surface area contributed by atoms with Crippen molar-refractivity contribution in [3.05, 3.63) is 29.7 Å². The van der Waals surface area contributed by atoms with Crippen LogP contribution in [0.2, 0.25) is 0 Å². The zero-order valence-corrected chi connectivity index (χ0v) is 10.3. The maximum Gasteiger partial charge on any atom is 0.147 e. The standard InChI is InChI=1S/C11H16N6/c1-4-12-11-6-13-10(5-14-11)7-17-9(3)15-8(2)16-17/h5-6H,4,7H2,1-3H3,(H,12,14). The fourth-order valence-electron chi connectivity index (χ4n) is 1.57. The topological polar surface area (TPSA) is 68.5 Å². The summed E-state index contributed by atoms with van der Waals surface area (Å²) < 4.78 is 1.83. The summed E-state index contributed by atoms with van der Waals surface area (Å²) in [5, 5.41) is 7.39. The smallest absolute Gasteiger partial charge is 0.147 e. The van der Waals surface area contributed by atoms with Crippen molar-refractivity contribution in [2.75, 3.05) is 11.9 Å². The predicted octanol–water partition coefficient (Wildman–Crippen LogP) is 1.17. The minimum absolute atomic E-state index is 0.603. The van der Waals surface area contributed by atoms with E-state index in [-0.39, 0.29) is 0 Å². The second-order valence-corrected chi connectivity index (χ2v) is 3.79. The first kappa shape index (κ1) is 11.5. The number of hydrogen-bond donors (Lipinski definition) is 1. The van der Waals surface area contributed by atoms with Gasteiger partial charge in [0.2, 0.25) is 0 Å². The summed E-state index contributed by atoms with van der Waals surface area (Å²) in [7, 11) is 0. The van der Waals surface area contributed by atoms with E-state index in [2.05, 4.69) is 25.4 Å². The van der Waals surface area contributed by atoms with Crippen LogP contribution in [0.1, 0.15) is 24.3 Å². The van der Waals surface area contributed by atoms with E-state index in [1.807, 2.05) is 25.5 Å². The van der Waals surface area contributed by atoms with Crippen molar-refractivity contribution in [3.63, 3.8) is 0 Å². The molecule has 1 N–H and O–H groups in total. The molecule has 0 saturated heterocycles. The van der Waals surface area contributed by atoms with Crippen LogP contribution in [0.5, 0.6) is 0 Å². The number of aryl methyl sites for hydroxylation is 2. The first-order valence-corrected chi connectivity index (χ1v) is 5.62. The van der Waals surface area contributed by atoms with Gasteiger partial charge in [0, 0.05) is 6.54 Å². The summed E-state index contributed by atoms with van der Waals surface area (Å²) in [6.07, 6.45) is 3.49. The van der Waals surface area contributed by atoms with Crippen molar-refractivity contribution in [2.24, 2.45) is 0 Å². The summed E-state index contributed by atoms with van der Waals surface area (Å²) >= 11 is 0. The Morgan fingerprint density at radius 3 is 2.59 bits per heavy atom. The molecule has 2 aromatic heterocycles. The number of rotatable bonds is 4. The van der Waals surface area contributed by atoms with Crippen molar-refractivity contribution in [1.82, 2.24) is 24.7 Å². The summed E-state index contributed by atoms with van der Waals surface area (Å²) in [6, 6.07) is 0. The Morgan fingerprint density at radius 2 is 2.06 bits per heavy atom. The van der Waals surface area contributed by atoms with Crippen LogP contribution >= 0.6 is 0 Å². The van der Waals surface area contributed by atoms with Crippen molar-refractivity contribution in [2.45, 2.75) is 27.3 Å². The summed E-state index contributed by atoms with van der Waals surface area (Å²) in [4.78, 5) is 12.8. The van der Waals surface area contributed by atoms with E-state index in [1.54, 1.807) is 12.4 Å². The molecule has 0 fully saturated rings. The first-order chi connectivity index (χ1) is 8.19. The molecule has 6 heteroatoms. The lowest BCUT2D eigenvalue weighted by atomic mass is 10.4. The van der Waals surface area contributed by atoms with E-state index in [1.165, 1.54) is 0 Å². The molecule has 2 heterocycles. The van der Waals surface area contributed by atoms with Gasteiger partial charge in [-0.2, -0.15) is 5.10 Å². The largest absolute Gasteiger partial charge is 0.369 e. The van der Waals surface area contributed by atoms with Gasteiger partial charge in [0.1, 0.15) is 17.5 Å². The van der Waals surface area contributed by atoms with Gasteiger partial charge >= 0.3 is 0 Å². The third kappa shape index (κ3) is 2.77. The molecule has 6 nitrogen and oxygen atoms in total. The highest BCUT2D eigenvalue weighted by Crippen LogP contribution is 2.04. The number of nitrogens with zero attached hydrogens (tertiary/aromatic N) is 5. The van der Waals surface area contributed by atoms with Crippen LogP contribution in [0.4, 0.5) is 5.82 Å². The van der Waals surface area contributed by atoms with Crippen LogP contribution in [0.25, 0.3) is 0 Å². The maximum absolute atomic E-state index is 4.33. The molecule has 0 spiro atoms. The Bertz CT molecular complexity index is 487. The molecule has 0 aromatic carbocycles. The molecule has 0 saturated carbocycles. The fourth-order valence-corrected chi connectivity index (χ4v) is 1.57. The average Bonchev–Trinajstić information content (AvgIpc) is 2.61. The van der Waals surface area contributed by atoms with Gasteiger partial charge in [-0.15, -0.1) is 0 Å². The van der Waals surface area contributed by atoms with Crippen LogP contribution in [0.15, 0.2) is 12.4 Å². The fraction of sp³-hybridized carbons (Fsp3) is 0.455. The van der Waals surface area contributed by atoms with Gasteiger partial charge in [0.25, 0.3) is 0 Å². The van der Waals surface area contributed by atoms with Crippen molar-refractivity contribution in [1.29, 1.82) is 0 Å². The van der Waals surface area contributed by atoms with Gasteiger partial charge in [-0.1, -0.05) is 0 Å². The number of aromatic nitrogens is 5. The van der Waals surface area contributed by atoms with Gasteiger partial charge in [-0.25, -0.2) is 14.6 Å². The normalized spacial score (nSPS) is 10.5. The van der Waals surface area contributed by atoms with Gasteiger partial charge in [0.05, 0.1) is 24.6 Å². The highest BCUT2D eigenvalue weighted by atomic mass is 15.3. The van der Waals surface area contributed by atoms with Gasteiger partial charge in [-0.3, -0.25) is 4.98 Å². The number of anilines is 1. The molecule has 0 atom stereocenters. The zero-order valence-electron chi connectivity index (χ0n) is 10.3. The molecule has 0 amide bonds. The molecule has 0 radical (unpaired) electrons. The second kappa shape index (κ2) is 4.90. The quantitative estimate of drug-likeness (QED) is 0.856. The Labute approximate surface area is 100 Å². The maximum atomic E-state index is 4.33. The number of hydrogen-bond acceptors (Lipinski definition) is 5. The highest BCUT2D eigenvalue weighted by molar-refractivity contribution is 5.30. The third-order valence-corrected chi connectivity index (χ3v) is 2.34. The van der Waals surface area contributed by atoms with Gasteiger partial charge in [0.15, 0.2) is 0 Å². The monoisotopic (exact) mass is 232 g/mol. The Kier molecular flexibility index (Phi) is 3.32. The Hall–Kier alpha value is -1.98. The molecule has 2 rings (SSSR count). The lowest BCUT2D eigenvalue weighted by Crippen LogP contribution is -2.07. The summed E-state index contributed by atoms with van der Waals surface area (Å²) in [5.41, 5.74) is 0.875. The predicted molar refractivity (Wildman–Crippen MR) is 64.8 cm³/mol. The SMILES string of the molecule is CCNc1cnc(Cn2nc(C)nc2C)cn1. The van der Waals surface area contributed by atoms with Crippen molar-refractivity contribution < 1.29 is 0 Å². The van der Waals surface area contributed by atoms with Crippen LogP contribution in [0, 0.1) is 13.8 Å². The van der Waals surface area contributed by atoms with Gasteiger partial charge in [-0.05, 0) is 20.8 Å². The molecule has 0 aliphatic heterocycles. The molecule has 0 unspecified atom stereocenters. The van der Waals surface area contributed by atoms with E-state index in [9.17, 15) is 0 Å². The zero-order chi connectivity index (χ0) is 12.3. The molecule has 0 aliphatic carbocycles. The summed E-state index contributed by atoms with van der Waals surface area (Å²) in [6.45, 7) is 7.28. The minimum atomic E-state index is 0.603. The molecule has 0 bridgehead atoms. The third-order valence-electron chi connectivity index (χ3n) is 2.34. The molecule has 0 aliphatic rings. The average molecular weight is 232 g/mol. The van der Waals surface area contributed by atoms with E-state index in [4.69, 9.17) is 0 Å². The Balaban J connectivity index is 2.11. The molecular formula is C11H16N6. The van der Waals surface area contributed by atoms with Crippen LogP contribution in [-0.4, -0.2) is 31.3 Å². The van der Waals surface area contributed by atoms with Gasteiger partial charge < -0.3 is 5.32 Å². The van der Waals surface area contributed by atoms with Crippen molar-refractivity contribution in [3.8, 4) is 0 Å². The van der Waals surface area contributed by atoms with Crippen LogP contribution in [-0.2, 0) is 6.54 Å². The van der Waals surface area contributed by atoms with E-state index >= 15 is 0 Å². The Morgan fingerprint density at radius 1 is 1.24 bits per heavy atom. The number of nitrogens with one attached hydrogen (secondary N) is 1. The van der Waals surface area contributed by atoms with E-state index < -0.39 is 0 Å². The van der Waals surface area contributed by atoms with Crippen molar-refractivity contribution >= 4 is 5.82 Å².